The molecule has 0 bridgehead atoms. The second kappa shape index (κ2) is 2.84. The molecule has 2 aliphatic rings. The molecule has 2 unspecified atom stereocenters. The molecule has 0 aliphatic carbocycles. The summed E-state index contributed by atoms with van der Waals surface area (Å²) in [6.07, 6.45) is 0.281. The summed E-state index contributed by atoms with van der Waals surface area (Å²) in [5.41, 5.74) is 0. The molecule has 0 aromatic rings. The third-order valence-electron chi connectivity index (χ3n) is 1.46. The first-order chi connectivity index (χ1) is 5.20. The van der Waals surface area contributed by atoms with Crippen molar-refractivity contribution in [3.8, 4) is 0 Å². The Labute approximate surface area is 71.7 Å². The van der Waals surface area contributed by atoms with Gasteiger partial charge in [0, 0.05) is 0 Å². The Bertz CT molecular complexity index is 145. The Balaban J connectivity index is 2.02. The molecule has 2 rings (SSSR count). The van der Waals surface area contributed by atoms with Gasteiger partial charge < -0.3 is 0 Å². The zero-order chi connectivity index (χ0) is 7.90. The molecular weight excluding hydrogens is 264 g/mol. The van der Waals surface area contributed by atoms with Gasteiger partial charge in [-0.25, -0.2) is 0 Å². The molecule has 2 saturated heterocycles. The summed E-state index contributed by atoms with van der Waals surface area (Å²) < 4.78 is 21.8. The van der Waals surface area contributed by atoms with E-state index < -0.39 is 19.8 Å². The van der Waals surface area contributed by atoms with Gasteiger partial charge >= 0.3 is 71.5 Å². The molecular formula is C6H12O4Te. The summed E-state index contributed by atoms with van der Waals surface area (Å²) in [5.74, 6) is 0. The van der Waals surface area contributed by atoms with Gasteiger partial charge in [0.15, 0.2) is 0 Å². The van der Waals surface area contributed by atoms with Crippen molar-refractivity contribution < 1.29 is 12.4 Å². The molecule has 5 heteroatoms. The van der Waals surface area contributed by atoms with Crippen LogP contribution in [0.15, 0.2) is 0 Å². The molecule has 0 aromatic heterocycles. The van der Waals surface area contributed by atoms with E-state index in [1.165, 1.54) is 0 Å². The molecule has 1 spiro atoms. The van der Waals surface area contributed by atoms with Crippen LogP contribution in [0.3, 0.4) is 0 Å². The van der Waals surface area contributed by atoms with E-state index in [0.717, 1.165) is 0 Å². The van der Waals surface area contributed by atoms with Gasteiger partial charge in [0.2, 0.25) is 0 Å². The second-order valence-electron chi connectivity index (χ2n) is 2.79. The Morgan fingerprint density at radius 3 is 1.73 bits per heavy atom. The molecule has 66 valence electrons. The Hall–Kier alpha value is 0.630. The van der Waals surface area contributed by atoms with Crippen molar-refractivity contribution in [1.29, 1.82) is 0 Å². The van der Waals surface area contributed by atoms with Crippen molar-refractivity contribution in [2.45, 2.75) is 26.1 Å². The summed E-state index contributed by atoms with van der Waals surface area (Å²) in [5, 5.41) is 0. The van der Waals surface area contributed by atoms with E-state index in [0.29, 0.717) is 13.2 Å². The molecule has 0 amide bonds. The Morgan fingerprint density at radius 1 is 1.00 bits per heavy atom. The predicted octanol–water partition coefficient (Wildman–Crippen LogP) is 0.293. The summed E-state index contributed by atoms with van der Waals surface area (Å²) in [6.45, 7) is 5.17. The van der Waals surface area contributed by atoms with E-state index in [1.54, 1.807) is 0 Å². The van der Waals surface area contributed by atoms with Gasteiger partial charge in [-0.1, -0.05) is 0 Å². The third kappa shape index (κ3) is 1.55. The van der Waals surface area contributed by atoms with E-state index in [4.69, 9.17) is 12.4 Å². The van der Waals surface area contributed by atoms with E-state index in [1.807, 2.05) is 13.8 Å². The van der Waals surface area contributed by atoms with Crippen LogP contribution in [0.25, 0.3) is 0 Å². The van der Waals surface area contributed by atoms with Crippen molar-refractivity contribution >= 4 is 19.8 Å². The van der Waals surface area contributed by atoms with Crippen LogP contribution >= 0.6 is 0 Å². The molecule has 0 N–H and O–H groups in total. The van der Waals surface area contributed by atoms with Gasteiger partial charge in [-0.15, -0.1) is 0 Å². The van der Waals surface area contributed by atoms with Crippen LogP contribution in [-0.4, -0.2) is 45.2 Å². The third-order valence-corrected chi connectivity index (χ3v) is 7.10. The van der Waals surface area contributed by atoms with Crippen LogP contribution in [0, 0.1) is 0 Å². The zero-order valence-electron chi connectivity index (χ0n) is 6.61. The monoisotopic (exact) mass is 278 g/mol. The average molecular weight is 276 g/mol. The summed E-state index contributed by atoms with van der Waals surface area (Å²) in [6, 6.07) is 0. The fraction of sp³-hybridized carbons (Fsp3) is 1.00. The topological polar surface area (TPSA) is 36.9 Å². The SMILES string of the molecule is CC1CO[Te]2(OCC(C)O2)O1. The zero-order valence-corrected chi connectivity index (χ0v) is 8.94. The van der Waals surface area contributed by atoms with Gasteiger partial charge in [0.1, 0.15) is 0 Å². The average Bonchev–Trinajstić information content (AvgIpc) is 2.44. The van der Waals surface area contributed by atoms with Crippen molar-refractivity contribution in [3.63, 3.8) is 0 Å². The summed E-state index contributed by atoms with van der Waals surface area (Å²) in [4.78, 5) is 0. The molecule has 2 fully saturated rings. The number of rotatable bonds is 0. The van der Waals surface area contributed by atoms with Crippen molar-refractivity contribution in [1.82, 2.24) is 0 Å². The first-order valence-electron chi connectivity index (χ1n) is 3.69. The minimum atomic E-state index is -3.12. The molecule has 2 heterocycles. The van der Waals surface area contributed by atoms with Crippen molar-refractivity contribution in [3.05, 3.63) is 0 Å². The maximum atomic E-state index is 5.50. The molecule has 0 saturated carbocycles. The Kier molecular flexibility index (Phi) is 2.13. The molecule has 0 aromatic carbocycles. The fourth-order valence-electron chi connectivity index (χ4n) is 0.984. The van der Waals surface area contributed by atoms with Crippen LogP contribution < -0.4 is 0 Å². The number of hydrogen-bond acceptors (Lipinski definition) is 4. The van der Waals surface area contributed by atoms with E-state index in [2.05, 4.69) is 0 Å². The van der Waals surface area contributed by atoms with Gasteiger partial charge in [-0.3, -0.25) is 0 Å². The van der Waals surface area contributed by atoms with Crippen LogP contribution in [0.5, 0.6) is 0 Å². The van der Waals surface area contributed by atoms with Crippen LogP contribution in [0.2, 0.25) is 0 Å². The number of hydrogen-bond donors (Lipinski definition) is 0. The van der Waals surface area contributed by atoms with Gasteiger partial charge in [0.05, 0.1) is 0 Å². The van der Waals surface area contributed by atoms with Crippen LogP contribution in [-0.2, 0) is 12.4 Å². The van der Waals surface area contributed by atoms with Gasteiger partial charge in [0.25, 0.3) is 0 Å². The molecule has 11 heavy (non-hydrogen) atoms. The first kappa shape index (κ1) is 8.24. The predicted molar refractivity (Wildman–Crippen MR) is 38.8 cm³/mol. The van der Waals surface area contributed by atoms with Gasteiger partial charge in [-0.05, 0) is 0 Å². The van der Waals surface area contributed by atoms with Crippen molar-refractivity contribution in [2.75, 3.05) is 13.2 Å². The Morgan fingerprint density at radius 2 is 1.45 bits per heavy atom. The van der Waals surface area contributed by atoms with Crippen LogP contribution in [0.4, 0.5) is 0 Å². The molecule has 2 atom stereocenters. The fourth-order valence-corrected chi connectivity index (χ4v) is 6.60. The van der Waals surface area contributed by atoms with Crippen molar-refractivity contribution in [2.24, 2.45) is 0 Å². The van der Waals surface area contributed by atoms with E-state index in [-0.39, 0.29) is 12.2 Å². The van der Waals surface area contributed by atoms with E-state index in [9.17, 15) is 0 Å². The minimum absolute atomic E-state index is 0.140. The summed E-state index contributed by atoms with van der Waals surface area (Å²) >= 11 is -3.12. The van der Waals surface area contributed by atoms with Gasteiger partial charge in [-0.2, -0.15) is 0 Å². The van der Waals surface area contributed by atoms with Crippen LogP contribution in [0.1, 0.15) is 13.8 Å². The standard InChI is InChI=1S/C6H12O4Te/c1-5-3-7-11(9-5)8-4-6(2)10-11/h5-6H,3-4H2,1-2H3. The second-order valence-corrected chi connectivity index (χ2v) is 7.57. The normalized spacial score (nSPS) is 56.5. The summed E-state index contributed by atoms with van der Waals surface area (Å²) in [7, 11) is 0. The van der Waals surface area contributed by atoms with E-state index >= 15 is 0 Å². The quantitative estimate of drug-likeness (QED) is 0.596. The molecule has 4 nitrogen and oxygen atoms in total. The maximum absolute atomic E-state index is 5.50. The molecule has 2 aliphatic heterocycles. The molecule has 0 radical (unpaired) electrons. The first-order valence-corrected chi connectivity index (χ1v) is 7.49.